The Balaban J connectivity index is 1.62. The summed E-state index contributed by atoms with van der Waals surface area (Å²) in [5, 5.41) is 6.80. The first-order chi connectivity index (χ1) is 11.8. The van der Waals surface area contributed by atoms with Gasteiger partial charge in [0.25, 0.3) is 0 Å². The molecule has 0 atom stereocenters. The molecule has 1 aliphatic rings. The number of nitrogens with zero attached hydrogens (tertiary/aromatic N) is 2. The van der Waals surface area contributed by atoms with Crippen LogP contribution < -0.4 is 15.4 Å². The van der Waals surface area contributed by atoms with Crippen LogP contribution in [0.1, 0.15) is 31.2 Å². The van der Waals surface area contributed by atoms with Crippen LogP contribution >= 0.6 is 0 Å². The molecule has 1 fully saturated rings. The number of nitrogens with one attached hydrogen (secondary N) is 2. The minimum atomic E-state index is 0.871. The van der Waals surface area contributed by atoms with Gasteiger partial charge in [-0.3, -0.25) is 4.99 Å². The Kier molecular flexibility index (Phi) is 8.46. The van der Waals surface area contributed by atoms with Gasteiger partial charge in [-0.25, -0.2) is 0 Å². The summed E-state index contributed by atoms with van der Waals surface area (Å²) in [4.78, 5) is 6.86. The van der Waals surface area contributed by atoms with Crippen molar-refractivity contribution in [3.05, 3.63) is 29.8 Å². The summed E-state index contributed by atoms with van der Waals surface area (Å²) in [5.74, 6) is 1.79. The second-order valence-electron chi connectivity index (χ2n) is 6.28. The topological polar surface area (TPSA) is 48.9 Å². The maximum Gasteiger partial charge on any atom is 0.191 e. The average molecular weight is 332 g/mol. The molecule has 5 heteroatoms. The molecular formula is C19H32N4O. The van der Waals surface area contributed by atoms with Gasteiger partial charge in [0.1, 0.15) is 5.75 Å². The van der Waals surface area contributed by atoms with Crippen molar-refractivity contribution in [2.24, 2.45) is 4.99 Å². The van der Waals surface area contributed by atoms with Gasteiger partial charge in [0.05, 0.1) is 7.11 Å². The van der Waals surface area contributed by atoms with Crippen LogP contribution in [-0.2, 0) is 6.42 Å². The van der Waals surface area contributed by atoms with Gasteiger partial charge in [0, 0.05) is 26.7 Å². The summed E-state index contributed by atoms with van der Waals surface area (Å²) < 4.78 is 5.18. The summed E-state index contributed by atoms with van der Waals surface area (Å²) in [5.41, 5.74) is 1.29. The first kappa shape index (κ1) is 18.6. The van der Waals surface area contributed by atoms with Crippen LogP contribution in [0.3, 0.4) is 0 Å². The lowest BCUT2D eigenvalue weighted by Crippen LogP contribution is -2.42. The van der Waals surface area contributed by atoms with E-state index in [1.54, 1.807) is 7.11 Å². The zero-order chi connectivity index (χ0) is 17.0. The minimum absolute atomic E-state index is 0.871. The first-order valence-corrected chi connectivity index (χ1v) is 9.11. The van der Waals surface area contributed by atoms with Gasteiger partial charge in [-0.2, -0.15) is 0 Å². The SMILES string of the molecule is CN=C(NCCc1ccc(OC)cc1)NCCN1CCCCCC1. The van der Waals surface area contributed by atoms with Crippen LogP contribution in [0.25, 0.3) is 0 Å². The third-order valence-electron chi connectivity index (χ3n) is 4.51. The lowest BCUT2D eigenvalue weighted by molar-refractivity contribution is 0.289. The molecule has 134 valence electrons. The molecule has 2 N–H and O–H groups in total. The van der Waals surface area contributed by atoms with Gasteiger partial charge in [-0.1, -0.05) is 25.0 Å². The van der Waals surface area contributed by atoms with Crippen molar-refractivity contribution >= 4 is 5.96 Å². The number of hydrogen-bond acceptors (Lipinski definition) is 3. The quantitative estimate of drug-likeness (QED) is 0.594. The molecule has 0 saturated carbocycles. The number of hydrogen-bond donors (Lipinski definition) is 2. The monoisotopic (exact) mass is 332 g/mol. The fourth-order valence-electron chi connectivity index (χ4n) is 3.03. The molecule has 24 heavy (non-hydrogen) atoms. The molecule has 1 heterocycles. The molecule has 1 aromatic rings. The highest BCUT2D eigenvalue weighted by atomic mass is 16.5. The van der Waals surface area contributed by atoms with E-state index >= 15 is 0 Å². The van der Waals surface area contributed by atoms with Crippen molar-refractivity contribution in [2.75, 3.05) is 46.9 Å². The van der Waals surface area contributed by atoms with E-state index in [1.807, 2.05) is 19.2 Å². The molecule has 0 unspecified atom stereocenters. The normalized spacial score (nSPS) is 16.5. The van der Waals surface area contributed by atoms with Crippen LogP contribution in [0, 0.1) is 0 Å². The second-order valence-corrected chi connectivity index (χ2v) is 6.28. The molecular weight excluding hydrogens is 300 g/mol. The lowest BCUT2D eigenvalue weighted by atomic mass is 10.1. The number of benzene rings is 1. The van der Waals surface area contributed by atoms with Gasteiger partial charge in [-0.05, 0) is 50.0 Å². The Morgan fingerprint density at radius 3 is 2.33 bits per heavy atom. The predicted molar refractivity (Wildman–Crippen MR) is 101 cm³/mol. The van der Waals surface area contributed by atoms with Crippen molar-refractivity contribution in [1.29, 1.82) is 0 Å². The molecule has 1 saturated heterocycles. The Labute approximate surface area is 146 Å². The second kappa shape index (κ2) is 10.9. The van der Waals surface area contributed by atoms with Crippen molar-refractivity contribution in [1.82, 2.24) is 15.5 Å². The van der Waals surface area contributed by atoms with Gasteiger partial charge < -0.3 is 20.3 Å². The molecule has 2 rings (SSSR count). The Hall–Kier alpha value is -1.75. The number of ether oxygens (including phenoxy) is 1. The van der Waals surface area contributed by atoms with Crippen molar-refractivity contribution in [3.63, 3.8) is 0 Å². The van der Waals surface area contributed by atoms with Gasteiger partial charge in [0.2, 0.25) is 0 Å². The average Bonchev–Trinajstić information content (AvgIpc) is 2.90. The van der Waals surface area contributed by atoms with Gasteiger partial charge in [0.15, 0.2) is 5.96 Å². The van der Waals surface area contributed by atoms with Crippen LogP contribution in [-0.4, -0.2) is 57.7 Å². The molecule has 0 radical (unpaired) electrons. The summed E-state index contributed by atoms with van der Waals surface area (Å²) >= 11 is 0. The molecule has 5 nitrogen and oxygen atoms in total. The lowest BCUT2D eigenvalue weighted by Gasteiger charge is -2.20. The molecule has 0 aliphatic carbocycles. The standard InChI is InChI=1S/C19H32N4O/c1-20-19(22-13-16-23-14-5-3-4-6-15-23)21-12-11-17-7-9-18(24-2)10-8-17/h7-10H,3-6,11-16H2,1-2H3,(H2,20,21,22). The first-order valence-electron chi connectivity index (χ1n) is 9.11. The number of rotatable bonds is 7. The maximum absolute atomic E-state index is 5.18. The number of methoxy groups -OCH3 is 1. The van der Waals surface area contributed by atoms with E-state index in [4.69, 9.17) is 4.74 Å². The molecule has 0 bridgehead atoms. The summed E-state index contributed by atoms with van der Waals surface area (Å²) in [6.45, 7) is 5.40. The molecule has 0 aromatic heterocycles. The molecule has 1 aromatic carbocycles. The predicted octanol–water partition coefficient (Wildman–Crippen LogP) is 2.28. The van der Waals surface area contributed by atoms with Crippen molar-refractivity contribution in [3.8, 4) is 5.75 Å². The van der Waals surface area contributed by atoms with Crippen LogP contribution in [0.4, 0.5) is 0 Å². The Morgan fingerprint density at radius 2 is 1.71 bits per heavy atom. The maximum atomic E-state index is 5.18. The zero-order valence-corrected chi connectivity index (χ0v) is 15.2. The van der Waals surface area contributed by atoms with Crippen molar-refractivity contribution in [2.45, 2.75) is 32.1 Å². The van der Waals surface area contributed by atoms with E-state index < -0.39 is 0 Å². The fourth-order valence-corrected chi connectivity index (χ4v) is 3.03. The van der Waals surface area contributed by atoms with E-state index in [0.29, 0.717) is 0 Å². The summed E-state index contributed by atoms with van der Waals surface area (Å²) in [6.07, 6.45) is 6.43. The van der Waals surface area contributed by atoms with Crippen LogP contribution in [0.2, 0.25) is 0 Å². The van der Waals surface area contributed by atoms with E-state index in [0.717, 1.165) is 37.8 Å². The molecule has 0 amide bonds. The number of aliphatic imine (C=N–C) groups is 1. The number of likely N-dealkylation sites (tertiary alicyclic amines) is 1. The smallest absolute Gasteiger partial charge is 0.191 e. The fraction of sp³-hybridized carbons (Fsp3) is 0.632. The largest absolute Gasteiger partial charge is 0.497 e. The Bertz CT molecular complexity index is 479. The highest BCUT2D eigenvalue weighted by Crippen LogP contribution is 2.11. The third-order valence-corrected chi connectivity index (χ3v) is 4.51. The summed E-state index contributed by atoms with van der Waals surface area (Å²) in [7, 11) is 3.52. The molecule has 1 aliphatic heterocycles. The van der Waals surface area contributed by atoms with E-state index in [9.17, 15) is 0 Å². The number of guanidine groups is 1. The van der Waals surface area contributed by atoms with E-state index in [-0.39, 0.29) is 0 Å². The molecule has 0 spiro atoms. The summed E-state index contributed by atoms with van der Waals surface area (Å²) in [6, 6.07) is 8.22. The highest BCUT2D eigenvalue weighted by Gasteiger charge is 2.08. The highest BCUT2D eigenvalue weighted by molar-refractivity contribution is 5.79. The van der Waals surface area contributed by atoms with Crippen LogP contribution in [0.5, 0.6) is 5.75 Å². The zero-order valence-electron chi connectivity index (χ0n) is 15.2. The Morgan fingerprint density at radius 1 is 1.04 bits per heavy atom. The van der Waals surface area contributed by atoms with Gasteiger partial charge >= 0.3 is 0 Å². The van der Waals surface area contributed by atoms with E-state index in [1.165, 1.54) is 44.3 Å². The van der Waals surface area contributed by atoms with Gasteiger partial charge in [-0.15, -0.1) is 0 Å². The van der Waals surface area contributed by atoms with E-state index in [2.05, 4.69) is 32.7 Å². The van der Waals surface area contributed by atoms with Crippen molar-refractivity contribution < 1.29 is 4.74 Å². The van der Waals surface area contributed by atoms with Crippen LogP contribution in [0.15, 0.2) is 29.3 Å². The minimum Gasteiger partial charge on any atom is -0.497 e. The third kappa shape index (κ3) is 6.79.